The predicted octanol–water partition coefficient (Wildman–Crippen LogP) is 2.37. The van der Waals surface area contributed by atoms with E-state index in [-0.39, 0.29) is 22.7 Å². The number of sulfonamides is 1. The predicted molar refractivity (Wildman–Crippen MR) is 88.5 cm³/mol. The molecular formula is C16H16FNO6S. The van der Waals surface area contributed by atoms with Gasteiger partial charge in [-0.3, -0.25) is 4.31 Å². The fourth-order valence-electron chi connectivity index (χ4n) is 2.13. The van der Waals surface area contributed by atoms with E-state index in [9.17, 15) is 17.6 Å². The van der Waals surface area contributed by atoms with Gasteiger partial charge >= 0.3 is 5.97 Å². The quantitative estimate of drug-likeness (QED) is 0.840. The molecule has 7 nitrogen and oxygen atoms in total. The molecule has 0 amide bonds. The number of aromatic carboxylic acids is 1. The van der Waals surface area contributed by atoms with Crippen LogP contribution < -0.4 is 13.8 Å². The number of carbonyl (C=O) groups is 1. The topological polar surface area (TPSA) is 93.1 Å². The zero-order valence-corrected chi connectivity index (χ0v) is 14.5. The summed E-state index contributed by atoms with van der Waals surface area (Å²) < 4.78 is 50.5. The van der Waals surface area contributed by atoms with Gasteiger partial charge in [-0.05, 0) is 24.3 Å². The van der Waals surface area contributed by atoms with E-state index in [1.165, 1.54) is 45.5 Å². The van der Waals surface area contributed by atoms with Crippen LogP contribution in [0, 0.1) is 5.82 Å². The van der Waals surface area contributed by atoms with Crippen molar-refractivity contribution in [3.05, 3.63) is 47.8 Å². The van der Waals surface area contributed by atoms with Gasteiger partial charge in [-0.1, -0.05) is 0 Å². The molecule has 0 heterocycles. The number of methoxy groups -OCH3 is 2. The molecule has 0 saturated carbocycles. The SMILES string of the molecule is COc1cc(F)c(S(=O)(=O)N(C)c2ccc(C(=O)O)cc2)cc1OC. The van der Waals surface area contributed by atoms with Crippen LogP contribution in [-0.2, 0) is 10.0 Å². The molecule has 0 aliphatic carbocycles. The van der Waals surface area contributed by atoms with E-state index in [1.54, 1.807) is 0 Å². The van der Waals surface area contributed by atoms with Crippen LogP contribution in [0.1, 0.15) is 10.4 Å². The highest BCUT2D eigenvalue weighted by molar-refractivity contribution is 7.92. The first-order chi connectivity index (χ1) is 11.7. The molecule has 0 spiro atoms. The molecule has 0 radical (unpaired) electrons. The Morgan fingerprint density at radius 3 is 2.08 bits per heavy atom. The van der Waals surface area contributed by atoms with Crippen LogP contribution in [0.3, 0.4) is 0 Å². The lowest BCUT2D eigenvalue weighted by Gasteiger charge is -2.21. The highest BCUT2D eigenvalue weighted by Crippen LogP contribution is 2.34. The molecule has 2 aromatic carbocycles. The van der Waals surface area contributed by atoms with Crippen molar-refractivity contribution in [1.82, 2.24) is 0 Å². The van der Waals surface area contributed by atoms with Gasteiger partial charge in [0.2, 0.25) is 0 Å². The molecule has 0 unspecified atom stereocenters. The number of hydrogen-bond acceptors (Lipinski definition) is 5. The minimum absolute atomic E-state index is 0.00634. The summed E-state index contributed by atoms with van der Waals surface area (Å²) in [6, 6.07) is 7.11. The van der Waals surface area contributed by atoms with Gasteiger partial charge in [0.05, 0.1) is 25.5 Å². The second-order valence-electron chi connectivity index (χ2n) is 4.96. The number of anilines is 1. The molecule has 134 valence electrons. The summed E-state index contributed by atoms with van der Waals surface area (Å²) in [6.07, 6.45) is 0. The van der Waals surface area contributed by atoms with Gasteiger partial charge in [0.25, 0.3) is 10.0 Å². The number of benzene rings is 2. The van der Waals surface area contributed by atoms with Crippen molar-refractivity contribution in [3.63, 3.8) is 0 Å². The van der Waals surface area contributed by atoms with Crippen LogP contribution in [0.4, 0.5) is 10.1 Å². The first-order valence-electron chi connectivity index (χ1n) is 6.96. The van der Waals surface area contributed by atoms with E-state index in [2.05, 4.69) is 0 Å². The van der Waals surface area contributed by atoms with Gasteiger partial charge in [-0.25, -0.2) is 17.6 Å². The third-order valence-corrected chi connectivity index (χ3v) is 5.35. The first-order valence-corrected chi connectivity index (χ1v) is 8.40. The van der Waals surface area contributed by atoms with Gasteiger partial charge < -0.3 is 14.6 Å². The third kappa shape index (κ3) is 3.50. The fraction of sp³-hybridized carbons (Fsp3) is 0.188. The summed E-state index contributed by atoms with van der Waals surface area (Å²) in [7, 11) is -0.387. The second-order valence-corrected chi connectivity index (χ2v) is 6.90. The zero-order chi connectivity index (χ0) is 18.8. The number of carboxylic acids is 1. The van der Waals surface area contributed by atoms with Crippen LogP contribution >= 0.6 is 0 Å². The summed E-state index contributed by atoms with van der Waals surface area (Å²) in [5, 5.41) is 8.89. The number of ether oxygens (including phenoxy) is 2. The molecule has 2 aromatic rings. The van der Waals surface area contributed by atoms with Crippen molar-refractivity contribution in [2.75, 3.05) is 25.6 Å². The van der Waals surface area contributed by atoms with E-state index >= 15 is 0 Å². The monoisotopic (exact) mass is 369 g/mol. The lowest BCUT2D eigenvalue weighted by Crippen LogP contribution is -2.27. The number of carboxylic acid groups (broad SMARTS) is 1. The number of hydrogen-bond donors (Lipinski definition) is 1. The Labute approximate surface area is 144 Å². The Morgan fingerprint density at radius 2 is 1.60 bits per heavy atom. The maximum atomic E-state index is 14.3. The highest BCUT2D eigenvalue weighted by Gasteiger charge is 2.27. The normalized spacial score (nSPS) is 11.0. The lowest BCUT2D eigenvalue weighted by molar-refractivity contribution is 0.0697. The van der Waals surface area contributed by atoms with Gasteiger partial charge in [0, 0.05) is 19.2 Å². The molecule has 0 aliphatic heterocycles. The van der Waals surface area contributed by atoms with Crippen LogP contribution in [0.25, 0.3) is 0 Å². The summed E-state index contributed by atoms with van der Waals surface area (Å²) in [5.74, 6) is -2.00. The average Bonchev–Trinajstić information content (AvgIpc) is 2.60. The van der Waals surface area contributed by atoms with Gasteiger partial charge in [0.1, 0.15) is 10.7 Å². The average molecular weight is 369 g/mol. The van der Waals surface area contributed by atoms with Gasteiger partial charge in [-0.15, -0.1) is 0 Å². The van der Waals surface area contributed by atoms with E-state index in [4.69, 9.17) is 14.6 Å². The van der Waals surface area contributed by atoms with Crippen molar-refractivity contribution >= 4 is 21.7 Å². The Hall–Kier alpha value is -2.81. The van der Waals surface area contributed by atoms with Crippen LogP contribution in [0.15, 0.2) is 41.3 Å². The second kappa shape index (κ2) is 6.98. The van der Waals surface area contributed by atoms with Gasteiger partial charge in [-0.2, -0.15) is 0 Å². The standard InChI is InChI=1S/C16H16FNO6S/c1-18(11-6-4-10(5-7-11)16(19)20)25(21,22)15-9-14(24-3)13(23-2)8-12(15)17/h4-9H,1-3H3,(H,19,20). The minimum Gasteiger partial charge on any atom is -0.493 e. The molecule has 1 N–H and O–H groups in total. The minimum atomic E-state index is -4.24. The van der Waals surface area contributed by atoms with Crippen molar-refractivity contribution < 1.29 is 32.2 Å². The van der Waals surface area contributed by atoms with Crippen LogP contribution in [-0.4, -0.2) is 40.8 Å². The van der Waals surface area contributed by atoms with E-state index in [1.807, 2.05) is 0 Å². The highest BCUT2D eigenvalue weighted by atomic mass is 32.2. The molecule has 0 aliphatic rings. The van der Waals surface area contributed by atoms with Crippen molar-refractivity contribution in [1.29, 1.82) is 0 Å². The number of halogens is 1. The Morgan fingerprint density at radius 1 is 1.08 bits per heavy atom. The molecule has 0 saturated heterocycles. The zero-order valence-electron chi connectivity index (χ0n) is 13.7. The van der Waals surface area contributed by atoms with Crippen molar-refractivity contribution in [2.24, 2.45) is 0 Å². The fourth-order valence-corrected chi connectivity index (χ4v) is 3.39. The van der Waals surface area contributed by atoms with E-state index in [0.717, 1.165) is 16.4 Å². The van der Waals surface area contributed by atoms with Crippen LogP contribution in [0.5, 0.6) is 11.5 Å². The summed E-state index contributed by atoms with van der Waals surface area (Å²) in [5.41, 5.74) is 0.186. The maximum Gasteiger partial charge on any atom is 0.335 e. The third-order valence-electron chi connectivity index (χ3n) is 3.55. The largest absolute Gasteiger partial charge is 0.493 e. The Bertz CT molecular complexity index is 896. The van der Waals surface area contributed by atoms with Crippen molar-refractivity contribution in [2.45, 2.75) is 4.90 Å². The molecule has 0 atom stereocenters. The molecule has 0 bridgehead atoms. The summed E-state index contributed by atoms with van der Waals surface area (Å²) >= 11 is 0. The van der Waals surface area contributed by atoms with Gasteiger partial charge in [0.15, 0.2) is 11.5 Å². The smallest absolute Gasteiger partial charge is 0.335 e. The molecule has 2 rings (SSSR count). The molecule has 0 aromatic heterocycles. The first kappa shape index (κ1) is 18.5. The summed E-state index contributed by atoms with van der Waals surface area (Å²) in [4.78, 5) is 10.3. The number of rotatable bonds is 6. The molecular weight excluding hydrogens is 353 g/mol. The van der Waals surface area contributed by atoms with E-state index in [0.29, 0.717) is 0 Å². The lowest BCUT2D eigenvalue weighted by atomic mass is 10.2. The molecule has 0 fully saturated rings. The number of nitrogens with zero attached hydrogens (tertiary/aromatic N) is 1. The Balaban J connectivity index is 2.48. The maximum absolute atomic E-state index is 14.3. The van der Waals surface area contributed by atoms with Crippen LogP contribution in [0.2, 0.25) is 0 Å². The molecule has 9 heteroatoms. The van der Waals surface area contributed by atoms with E-state index < -0.39 is 26.7 Å². The summed E-state index contributed by atoms with van der Waals surface area (Å²) in [6.45, 7) is 0. The van der Waals surface area contributed by atoms with Crippen molar-refractivity contribution in [3.8, 4) is 11.5 Å². The Kier molecular flexibility index (Phi) is 5.17. The molecule has 25 heavy (non-hydrogen) atoms.